The Morgan fingerprint density at radius 3 is 2.75 bits per heavy atom. The van der Waals surface area contributed by atoms with E-state index in [9.17, 15) is 9.18 Å². The summed E-state index contributed by atoms with van der Waals surface area (Å²) in [5.74, 6) is -0.625. The highest BCUT2D eigenvalue weighted by atomic mass is 19.1. The molecule has 0 saturated carbocycles. The Labute approximate surface area is 117 Å². The molecule has 7 heteroatoms. The molecular formula is C13H20FN3O3. The molecule has 1 aromatic carbocycles. The smallest absolute Gasteiger partial charge is 0.239 e. The molecule has 0 fully saturated rings. The van der Waals surface area contributed by atoms with E-state index < -0.39 is 5.82 Å². The molecule has 0 aromatic heterocycles. The number of benzene rings is 1. The van der Waals surface area contributed by atoms with Gasteiger partial charge in [-0.3, -0.25) is 4.79 Å². The molecule has 1 rings (SSSR count). The average Bonchev–Trinajstić information content (AvgIpc) is 2.39. The lowest BCUT2D eigenvalue weighted by molar-refractivity contribution is -0.119. The van der Waals surface area contributed by atoms with Gasteiger partial charge in [-0.25, -0.2) is 4.39 Å². The summed E-state index contributed by atoms with van der Waals surface area (Å²) >= 11 is 0. The maximum atomic E-state index is 13.4. The lowest BCUT2D eigenvalue weighted by Crippen LogP contribution is -2.36. The van der Waals surface area contributed by atoms with Crippen molar-refractivity contribution in [2.24, 2.45) is 0 Å². The highest BCUT2D eigenvalue weighted by molar-refractivity contribution is 5.83. The van der Waals surface area contributed by atoms with E-state index in [0.29, 0.717) is 18.8 Å². The molecule has 0 saturated heterocycles. The number of ether oxygens (including phenoxy) is 2. The molecule has 0 bridgehead atoms. The van der Waals surface area contributed by atoms with Crippen LogP contribution < -0.4 is 20.7 Å². The van der Waals surface area contributed by atoms with Gasteiger partial charge in [0, 0.05) is 32.8 Å². The number of halogens is 1. The molecule has 20 heavy (non-hydrogen) atoms. The van der Waals surface area contributed by atoms with Gasteiger partial charge in [0.2, 0.25) is 5.91 Å². The zero-order chi connectivity index (χ0) is 15.1. The van der Waals surface area contributed by atoms with Gasteiger partial charge in [0.1, 0.15) is 0 Å². The minimum atomic E-state index is -0.535. The van der Waals surface area contributed by atoms with Crippen LogP contribution in [-0.2, 0) is 9.53 Å². The topological polar surface area (TPSA) is 76.8 Å². The highest BCUT2D eigenvalue weighted by Gasteiger charge is 2.14. The first-order valence-electron chi connectivity index (χ1n) is 6.09. The van der Waals surface area contributed by atoms with Gasteiger partial charge >= 0.3 is 0 Å². The maximum Gasteiger partial charge on any atom is 0.239 e. The predicted octanol–water partition coefficient (Wildman–Crippen LogP) is 0.615. The van der Waals surface area contributed by atoms with Crippen LogP contribution in [0.1, 0.15) is 0 Å². The molecule has 3 N–H and O–H groups in total. The number of carbonyl (C=O) groups excluding carboxylic acids is 1. The second kappa shape index (κ2) is 7.54. The van der Waals surface area contributed by atoms with Crippen LogP contribution in [-0.4, -0.2) is 46.9 Å². The van der Waals surface area contributed by atoms with E-state index in [1.165, 1.54) is 19.2 Å². The van der Waals surface area contributed by atoms with E-state index in [1.807, 2.05) is 0 Å². The Morgan fingerprint density at radius 2 is 2.15 bits per heavy atom. The first-order chi connectivity index (χ1) is 9.49. The fourth-order valence-corrected chi connectivity index (χ4v) is 1.69. The number of methoxy groups -OCH3 is 2. The lowest BCUT2D eigenvalue weighted by atomic mass is 10.2. The third kappa shape index (κ3) is 4.27. The largest absolute Gasteiger partial charge is 0.494 e. The predicted molar refractivity (Wildman–Crippen MR) is 75.5 cm³/mol. The molecule has 0 aliphatic carbocycles. The molecule has 6 nitrogen and oxygen atoms in total. The van der Waals surface area contributed by atoms with E-state index in [2.05, 4.69) is 5.32 Å². The van der Waals surface area contributed by atoms with Crippen LogP contribution in [0.4, 0.5) is 15.8 Å². The number of anilines is 2. The molecule has 0 spiro atoms. The molecule has 0 radical (unpaired) electrons. The van der Waals surface area contributed by atoms with Gasteiger partial charge in [-0.1, -0.05) is 0 Å². The monoisotopic (exact) mass is 285 g/mol. The summed E-state index contributed by atoms with van der Waals surface area (Å²) in [6.07, 6.45) is 0. The molecule has 0 heterocycles. The van der Waals surface area contributed by atoms with Crippen molar-refractivity contribution in [3.63, 3.8) is 0 Å². The van der Waals surface area contributed by atoms with E-state index in [-0.39, 0.29) is 23.9 Å². The quantitative estimate of drug-likeness (QED) is 0.567. The first kappa shape index (κ1) is 16.0. The number of rotatable bonds is 7. The number of nitrogens with zero attached hydrogens (tertiary/aromatic N) is 1. The molecule has 112 valence electrons. The van der Waals surface area contributed by atoms with Crippen molar-refractivity contribution in [1.29, 1.82) is 0 Å². The van der Waals surface area contributed by atoms with Crippen LogP contribution in [0, 0.1) is 5.82 Å². The minimum absolute atomic E-state index is 0.0841. The Bertz CT molecular complexity index is 468. The van der Waals surface area contributed by atoms with Gasteiger partial charge in [-0.15, -0.1) is 0 Å². The number of nitrogens with two attached hydrogens (primary N) is 1. The third-order valence-electron chi connectivity index (χ3n) is 2.72. The van der Waals surface area contributed by atoms with Gasteiger partial charge in [-0.2, -0.15) is 0 Å². The summed E-state index contributed by atoms with van der Waals surface area (Å²) in [6.45, 7) is 0.982. The zero-order valence-corrected chi connectivity index (χ0v) is 11.9. The van der Waals surface area contributed by atoms with Crippen LogP contribution in [0.3, 0.4) is 0 Å². The summed E-state index contributed by atoms with van der Waals surface area (Å²) in [5, 5.41) is 2.69. The van der Waals surface area contributed by atoms with E-state index >= 15 is 0 Å². The van der Waals surface area contributed by atoms with Gasteiger partial charge in [0.25, 0.3) is 0 Å². The molecule has 1 aromatic rings. The lowest BCUT2D eigenvalue weighted by Gasteiger charge is -2.21. The second-order valence-electron chi connectivity index (χ2n) is 4.24. The van der Waals surface area contributed by atoms with E-state index in [1.54, 1.807) is 19.1 Å². The van der Waals surface area contributed by atoms with Crippen LogP contribution in [0.15, 0.2) is 12.1 Å². The maximum absolute atomic E-state index is 13.4. The van der Waals surface area contributed by atoms with Gasteiger partial charge < -0.3 is 25.4 Å². The fraction of sp³-hybridized carbons (Fsp3) is 0.462. The molecule has 0 unspecified atom stereocenters. The van der Waals surface area contributed by atoms with E-state index in [0.717, 1.165) is 0 Å². The van der Waals surface area contributed by atoms with Crippen LogP contribution in [0.25, 0.3) is 0 Å². The Kier molecular flexibility index (Phi) is 6.05. The zero-order valence-electron chi connectivity index (χ0n) is 11.9. The number of amides is 1. The Balaban J connectivity index is 2.72. The molecule has 0 aliphatic heterocycles. The van der Waals surface area contributed by atoms with Gasteiger partial charge in [-0.05, 0) is 0 Å². The average molecular weight is 285 g/mol. The summed E-state index contributed by atoms with van der Waals surface area (Å²) < 4.78 is 23.2. The van der Waals surface area contributed by atoms with E-state index in [4.69, 9.17) is 15.2 Å². The first-order valence-corrected chi connectivity index (χ1v) is 6.09. The van der Waals surface area contributed by atoms with Crippen molar-refractivity contribution in [3.05, 3.63) is 17.9 Å². The molecule has 0 atom stereocenters. The summed E-state index contributed by atoms with van der Waals surface area (Å²) in [5.41, 5.74) is 6.53. The van der Waals surface area contributed by atoms with Crippen molar-refractivity contribution in [2.45, 2.75) is 0 Å². The Morgan fingerprint density at radius 1 is 1.45 bits per heavy atom. The third-order valence-corrected chi connectivity index (χ3v) is 2.72. The second-order valence-corrected chi connectivity index (χ2v) is 4.24. The molecule has 0 aliphatic rings. The summed E-state index contributed by atoms with van der Waals surface area (Å²) in [4.78, 5) is 13.3. The van der Waals surface area contributed by atoms with Crippen molar-refractivity contribution >= 4 is 17.3 Å². The number of hydrogen-bond donors (Lipinski definition) is 2. The van der Waals surface area contributed by atoms with Crippen LogP contribution in [0.5, 0.6) is 5.75 Å². The Hall–Kier alpha value is -2.02. The van der Waals surface area contributed by atoms with Crippen molar-refractivity contribution in [1.82, 2.24) is 5.32 Å². The highest BCUT2D eigenvalue weighted by Crippen LogP contribution is 2.30. The number of carbonyl (C=O) groups is 1. The molecule has 1 amide bonds. The number of nitrogens with one attached hydrogen (secondary N) is 1. The number of nitrogen functional groups attached to an aromatic ring is 1. The fourth-order valence-electron chi connectivity index (χ4n) is 1.69. The molecular weight excluding hydrogens is 265 g/mol. The van der Waals surface area contributed by atoms with Gasteiger partial charge in [0.05, 0.1) is 31.6 Å². The standard InChI is InChI=1S/C13H20FN3O3/c1-17(8-13(18)16-4-5-19-2)11-7-12(20-3)9(14)6-10(11)15/h6-7H,4-5,8,15H2,1-3H3,(H,16,18). The summed E-state index contributed by atoms with van der Waals surface area (Å²) in [6, 6.07) is 2.64. The minimum Gasteiger partial charge on any atom is -0.494 e. The van der Waals surface area contributed by atoms with Crippen LogP contribution >= 0.6 is 0 Å². The number of hydrogen-bond acceptors (Lipinski definition) is 5. The van der Waals surface area contributed by atoms with Crippen molar-refractivity contribution in [2.75, 3.05) is 51.6 Å². The summed E-state index contributed by atoms with van der Waals surface area (Å²) in [7, 11) is 4.62. The van der Waals surface area contributed by atoms with Crippen molar-refractivity contribution < 1.29 is 18.7 Å². The number of likely N-dealkylation sites (N-methyl/N-ethyl adjacent to an activating group) is 1. The van der Waals surface area contributed by atoms with Crippen LogP contribution in [0.2, 0.25) is 0 Å². The SMILES string of the molecule is COCCNC(=O)CN(C)c1cc(OC)c(F)cc1N. The normalized spacial score (nSPS) is 10.2. The van der Waals surface area contributed by atoms with Crippen molar-refractivity contribution in [3.8, 4) is 5.75 Å². The van der Waals surface area contributed by atoms with Gasteiger partial charge in [0.15, 0.2) is 11.6 Å².